The molecule has 0 aliphatic rings. The summed E-state index contributed by atoms with van der Waals surface area (Å²) < 4.78 is 18.5. The van der Waals surface area contributed by atoms with E-state index in [0.717, 1.165) is 16.0 Å². The number of nitrogens with one attached hydrogen (secondary N) is 2. The van der Waals surface area contributed by atoms with Gasteiger partial charge in [0.05, 0.1) is 0 Å². The number of hydrogen-bond acceptors (Lipinski definition) is 4. The van der Waals surface area contributed by atoms with Gasteiger partial charge in [0.2, 0.25) is 5.91 Å². The van der Waals surface area contributed by atoms with E-state index in [-0.39, 0.29) is 24.8 Å². The van der Waals surface area contributed by atoms with E-state index < -0.39 is 5.91 Å². The number of hydrazine groups is 1. The molecule has 3 aromatic rings. The van der Waals surface area contributed by atoms with E-state index in [9.17, 15) is 14.0 Å². The van der Waals surface area contributed by atoms with Gasteiger partial charge in [-0.05, 0) is 35.9 Å². The smallest absolute Gasteiger partial charge is 0.276 e. The summed E-state index contributed by atoms with van der Waals surface area (Å²) in [6.45, 7) is -0.228. The zero-order chi connectivity index (χ0) is 21.2. The van der Waals surface area contributed by atoms with E-state index in [1.165, 1.54) is 23.9 Å². The minimum absolute atomic E-state index is 0.208. The van der Waals surface area contributed by atoms with Crippen LogP contribution in [0.3, 0.4) is 0 Å². The van der Waals surface area contributed by atoms with Crippen molar-refractivity contribution < 1.29 is 18.7 Å². The van der Waals surface area contributed by atoms with E-state index in [4.69, 9.17) is 4.74 Å². The van der Waals surface area contributed by atoms with Gasteiger partial charge in [-0.25, -0.2) is 4.39 Å². The van der Waals surface area contributed by atoms with Crippen LogP contribution in [0.5, 0.6) is 5.75 Å². The maximum Gasteiger partial charge on any atom is 0.276 e. The highest BCUT2D eigenvalue weighted by Crippen LogP contribution is 2.29. The van der Waals surface area contributed by atoms with Crippen LogP contribution in [0.2, 0.25) is 0 Å². The van der Waals surface area contributed by atoms with Crippen molar-refractivity contribution in [3.63, 3.8) is 0 Å². The SMILES string of the molecule is O=C(CCSc1ccc(F)cc1)NNC(=O)COc1ccccc1-c1ccccc1. The van der Waals surface area contributed by atoms with Crippen molar-refractivity contribution in [2.75, 3.05) is 12.4 Å². The summed E-state index contributed by atoms with van der Waals surface area (Å²) in [6.07, 6.45) is 0.208. The van der Waals surface area contributed by atoms with Crippen LogP contribution in [-0.2, 0) is 9.59 Å². The zero-order valence-corrected chi connectivity index (χ0v) is 17.0. The van der Waals surface area contributed by atoms with Gasteiger partial charge < -0.3 is 4.74 Å². The molecule has 3 aromatic carbocycles. The van der Waals surface area contributed by atoms with Gasteiger partial charge >= 0.3 is 0 Å². The first kappa shape index (κ1) is 21.4. The van der Waals surface area contributed by atoms with Gasteiger partial charge in [-0.1, -0.05) is 48.5 Å². The van der Waals surface area contributed by atoms with Gasteiger partial charge in [-0.3, -0.25) is 20.4 Å². The lowest BCUT2D eigenvalue weighted by Gasteiger charge is -2.12. The second kappa shape index (κ2) is 11.0. The Labute approximate surface area is 178 Å². The second-order valence-electron chi connectivity index (χ2n) is 6.30. The van der Waals surface area contributed by atoms with Crippen molar-refractivity contribution in [3.8, 4) is 16.9 Å². The van der Waals surface area contributed by atoms with Gasteiger partial charge in [0, 0.05) is 22.6 Å². The number of carbonyl (C=O) groups excluding carboxylic acids is 2. The van der Waals surface area contributed by atoms with Crippen LogP contribution in [0.25, 0.3) is 11.1 Å². The van der Waals surface area contributed by atoms with Crippen LogP contribution in [0.4, 0.5) is 4.39 Å². The molecule has 2 N–H and O–H groups in total. The summed E-state index contributed by atoms with van der Waals surface area (Å²) in [5.41, 5.74) is 6.58. The summed E-state index contributed by atoms with van der Waals surface area (Å²) in [7, 11) is 0. The molecule has 0 aliphatic carbocycles. The Bertz CT molecular complexity index is 981. The van der Waals surface area contributed by atoms with E-state index >= 15 is 0 Å². The highest BCUT2D eigenvalue weighted by atomic mass is 32.2. The number of halogens is 1. The van der Waals surface area contributed by atoms with Crippen LogP contribution < -0.4 is 15.6 Å². The van der Waals surface area contributed by atoms with E-state index in [1.54, 1.807) is 18.2 Å². The number of benzene rings is 3. The molecule has 0 aliphatic heterocycles. The molecule has 0 unspecified atom stereocenters. The standard InChI is InChI=1S/C23H21FN2O3S/c24-18-10-12-19(13-11-18)30-15-14-22(27)25-26-23(28)16-29-21-9-5-4-8-20(21)17-6-2-1-3-7-17/h1-13H,14-16H2,(H,25,27)(H,26,28). The van der Waals surface area contributed by atoms with Gasteiger partial charge in [-0.2, -0.15) is 0 Å². The predicted octanol–water partition coefficient (Wildman–Crippen LogP) is 4.20. The molecule has 30 heavy (non-hydrogen) atoms. The quantitative estimate of drug-likeness (QED) is 0.420. The Morgan fingerprint density at radius 1 is 0.833 bits per heavy atom. The molecule has 5 nitrogen and oxygen atoms in total. The molecule has 0 atom stereocenters. The summed E-state index contributed by atoms with van der Waals surface area (Å²) in [4.78, 5) is 24.7. The first-order valence-electron chi connectivity index (χ1n) is 9.35. The van der Waals surface area contributed by atoms with Crippen LogP contribution >= 0.6 is 11.8 Å². The van der Waals surface area contributed by atoms with Crippen molar-refractivity contribution in [1.29, 1.82) is 0 Å². The lowest BCUT2D eigenvalue weighted by molar-refractivity contribution is -0.129. The maximum absolute atomic E-state index is 12.9. The predicted molar refractivity (Wildman–Crippen MR) is 115 cm³/mol. The largest absolute Gasteiger partial charge is 0.483 e. The molecule has 0 saturated carbocycles. The van der Waals surface area contributed by atoms with E-state index in [1.807, 2.05) is 48.5 Å². The van der Waals surface area contributed by atoms with Crippen molar-refractivity contribution in [1.82, 2.24) is 10.9 Å². The Kier molecular flexibility index (Phi) is 7.86. The van der Waals surface area contributed by atoms with Crippen LogP contribution in [0.15, 0.2) is 83.8 Å². The Morgan fingerprint density at radius 3 is 2.27 bits per heavy atom. The lowest BCUT2D eigenvalue weighted by atomic mass is 10.1. The summed E-state index contributed by atoms with van der Waals surface area (Å²) in [5, 5.41) is 0. The molecule has 154 valence electrons. The molecule has 0 spiro atoms. The van der Waals surface area contributed by atoms with Crippen molar-refractivity contribution >= 4 is 23.6 Å². The topological polar surface area (TPSA) is 67.4 Å². The molecule has 0 bridgehead atoms. The highest BCUT2D eigenvalue weighted by Gasteiger charge is 2.09. The molecule has 0 radical (unpaired) electrons. The second-order valence-corrected chi connectivity index (χ2v) is 7.47. The monoisotopic (exact) mass is 424 g/mol. The first-order valence-corrected chi connectivity index (χ1v) is 10.3. The minimum atomic E-state index is -0.461. The van der Waals surface area contributed by atoms with E-state index in [2.05, 4.69) is 10.9 Å². The molecule has 2 amide bonds. The van der Waals surface area contributed by atoms with Gasteiger partial charge in [0.15, 0.2) is 6.61 Å². The van der Waals surface area contributed by atoms with Gasteiger partial charge in [-0.15, -0.1) is 11.8 Å². The molecule has 0 saturated heterocycles. The number of ether oxygens (including phenoxy) is 1. The molecular formula is C23H21FN2O3S. The summed E-state index contributed by atoms with van der Waals surface area (Å²) in [5.74, 6) is 0.0169. The molecule has 0 heterocycles. The third-order valence-electron chi connectivity index (χ3n) is 4.08. The molecule has 0 aromatic heterocycles. The fourth-order valence-corrected chi connectivity index (χ4v) is 3.47. The summed E-state index contributed by atoms with van der Waals surface area (Å²) in [6, 6.07) is 23.2. The number of thioether (sulfide) groups is 1. The molecule has 0 fully saturated rings. The van der Waals surface area contributed by atoms with Crippen LogP contribution in [-0.4, -0.2) is 24.2 Å². The van der Waals surface area contributed by atoms with Crippen molar-refractivity contribution in [2.45, 2.75) is 11.3 Å². The zero-order valence-electron chi connectivity index (χ0n) is 16.1. The third-order valence-corrected chi connectivity index (χ3v) is 5.10. The fourth-order valence-electron chi connectivity index (χ4n) is 2.62. The Balaban J connectivity index is 1.40. The minimum Gasteiger partial charge on any atom is -0.483 e. The highest BCUT2D eigenvalue weighted by molar-refractivity contribution is 7.99. The first-order chi connectivity index (χ1) is 14.6. The number of hydrogen-bond donors (Lipinski definition) is 2. The van der Waals surface area contributed by atoms with Gasteiger partial charge in [0.25, 0.3) is 5.91 Å². The Morgan fingerprint density at radius 2 is 1.50 bits per heavy atom. The number of rotatable bonds is 8. The molecular weight excluding hydrogens is 403 g/mol. The average molecular weight is 424 g/mol. The number of para-hydroxylation sites is 1. The number of carbonyl (C=O) groups is 2. The van der Waals surface area contributed by atoms with Crippen molar-refractivity contribution in [3.05, 3.63) is 84.7 Å². The van der Waals surface area contributed by atoms with Crippen molar-refractivity contribution in [2.24, 2.45) is 0 Å². The average Bonchev–Trinajstić information content (AvgIpc) is 2.78. The third kappa shape index (κ3) is 6.63. The number of amides is 2. The normalized spacial score (nSPS) is 10.3. The van der Waals surface area contributed by atoms with Crippen LogP contribution in [0, 0.1) is 5.82 Å². The molecule has 3 rings (SSSR count). The lowest BCUT2D eigenvalue weighted by Crippen LogP contribution is -2.43. The Hall–Kier alpha value is -3.32. The van der Waals surface area contributed by atoms with Crippen LogP contribution in [0.1, 0.15) is 6.42 Å². The maximum atomic E-state index is 12.9. The van der Waals surface area contributed by atoms with Gasteiger partial charge in [0.1, 0.15) is 11.6 Å². The molecule has 7 heteroatoms. The van der Waals surface area contributed by atoms with E-state index in [0.29, 0.717) is 11.5 Å². The summed E-state index contributed by atoms with van der Waals surface area (Å²) >= 11 is 1.43. The fraction of sp³-hybridized carbons (Fsp3) is 0.130.